The zero-order chi connectivity index (χ0) is 20.9. The molecule has 0 aromatic rings. The van der Waals surface area contributed by atoms with Crippen LogP contribution in [0.2, 0.25) is 0 Å². The molecule has 2 nitrogen and oxygen atoms in total. The summed E-state index contributed by atoms with van der Waals surface area (Å²) in [5.41, 5.74) is 0. The first-order chi connectivity index (χ1) is 14.6. The normalized spacial score (nSPS) is 37.4. The molecule has 6 saturated heterocycles. The van der Waals surface area contributed by atoms with Gasteiger partial charge in [-0.15, -0.1) is 0 Å². The Bertz CT molecular complexity index is 462. The molecule has 0 spiro atoms. The molecule has 0 unspecified atom stereocenters. The van der Waals surface area contributed by atoms with Gasteiger partial charge in [0.15, 0.2) is 0 Å². The number of piperidine rings is 6. The van der Waals surface area contributed by atoms with E-state index in [9.17, 15) is 0 Å². The Kier molecular flexibility index (Phi) is 8.70. The van der Waals surface area contributed by atoms with Crippen molar-refractivity contribution in [1.29, 1.82) is 0 Å². The zero-order valence-corrected chi connectivity index (χ0v) is 22.7. The van der Waals surface area contributed by atoms with Gasteiger partial charge in [-0.25, -0.2) is 0 Å². The number of rotatable bonds is 13. The van der Waals surface area contributed by atoms with Crippen molar-refractivity contribution in [2.45, 2.75) is 107 Å². The summed E-state index contributed by atoms with van der Waals surface area (Å²) >= 11 is 8.20. The summed E-state index contributed by atoms with van der Waals surface area (Å²) in [6.07, 6.45) is 23.4. The van der Waals surface area contributed by atoms with Crippen LogP contribution in [-0.2, 0) is 0 Å². The molecule has 4 heteroatoms. The summed E-state index contributed by atoms with van der Waals surface area (Å²) in [5, 5.41) is 1.18. The second-order valence-corrected chi connectivity index (χ2v) is 13.5. The number of unbranched alkanes of at least 4 members (excludes halogenated alkanes) is 8. The van der Waals surface area contributed by atoms with Crippen LogP contribution in [0, 0.1) is 11.8 Å². The van der Waals surface area contributed by atoms with Crippen LogP contribution >= 0.6 is 31.9 Å². The molecule has 6 aliphatic heterocycles. The molecule has 0 amide bonds. The summed E-state index contributed by atoms with van der Waals surface area (Å²) in [4.78, 5) is 0. The highest BCUT2D eigenvalue weighted by Gasteiger charge is 2.66. The molecule has 0 saturated carbocycles. The predicted molar refractivity (Wildman–Crippen MR) is 136 cm³/mol. The molecule has 6 rings (SSSR count). The Balaban J connectivity index is 1.31. The average molecular weight is 548 g/mol. The number of quaternary nitrogens is 2. The minimum Gasteiger partial charge on any atom is -0.263 e. The van der Waals surface area contributed by atoms with E-state index >= 15 is 0 Å². The second kappa shape index (κ2) is 10.9. The third kappa shape index (κ3) is 4.87. The van der Waals surface area contributed by atoms with Crippen LogP contribution in [0.1, 0.15) is 103 Å². The molecule has 0 aromatic heterocycles. The first-order valence-electron chi connectivity index (χ1n) is 13.6. The van der Waals surface area contributed by atoms with Crippen LogP contribution in [0.4, 0.5) is 0 Å². The van der Waals surface area contributed by atoms with Crippen molar-refractivity contribution in [2.24, 2.45) is 11.8 Å². The summed E-state index contributed by atoms with van der Waals surface area (Å²) in [7, 11) is 0. The summed E-state index contributed by atoms with van der Waals surface area (Å²) < 4.78 is 3.20. The molecule has 4 bridgehead atoms. The molecule has 0 aromatic carbocycles. The van der Waals surface area contributed by atoms with E-state index in [0.717, 1.165) is 11.8 Å². The van der Waals surface area contributed by atoms with Crippen molar-refractivity contribution in [1.82, 2.24) is 0 Å². The summed E-state index contributed by atoms with van der Waals surface area (Å²) in [6.45, 7) is 8.80. The van der Waals surface area contributed by atoms with E-state index in [1.165, 1.54) is 156 Å². The fraction of sp³-hybridized carbons (Fsp3) is 1.00. The SMILES string of the molecule is BrCCCCCCCCCCCC(Br)([N+]12CCC(CC1)CC2)[N+]12CCC(CC1)CC2. The van der Waals surface area contributed by atoms with Crippen LogP contribution in [0.25, 0.3) is 0 Å². The van der Waals surface area contributed by atoms with Crippen LogP contribution in [0.5, 0.6) is 0 Å². The zero-order valence-electron chi connectivity index (χ0n) is 19.6. The van der Waals surface area contributed by atoms with Gasteiger partial charge in [-0.2, -0.15) is 0 Å². The highest BCUT2D eigenvalue weighted by Crippen LogP contribution is 2.54. The van der Waals surface area contributed by atoms with Gasteiger partial charge in [0, 0.05) is 43.9 Å². The largest absolute Gasteiger partial charge is 0.280 e. The van der Waals surface area contributed by atoms with Crippen molar-refractivity contribution in [3.8, 4) is 0 Å². The Morgan fingerprint density at radius 1 is 0.533 bits per heavy atom. The Labute approximate surface area is 204 Å². The van der Waals surface area contributed by atoms with E-state index in [0.29, 0.717) is 4.57 Å². The van der Waals surface area contributed by atoms with Gasteiger partial charge in [-0.05, 0) is 24.7 Å². The monoisotopic (exact) mass is 546 g/mol. The lowest BCUT2D eigenvalue weighted by Crippen LogP contribution is -2.81. The maximum atomic E-state index is 4.65. The molecule has 6 heterocycles. The smallest absolute Gasteiger partial charge is 0.263 e. The quantitative estimate of drug-likeness (QED) is 0.0963. The van der Waals surface area contributed by atoms with Crippen LogP contribution in [0.3, 0.4) is 0 Å². The van der Waals surface area contributed by atoms with Gasteiger partial charge >= 0.3 is 0 Å². The van der Waals surface area contributed by atoms with Crippen LogP contribution in [-0.4, -0.2) is 58.1 Å². The molecule has 174 valence electrons. The number of fused-ring (bicyclic) bond motifs is 6. The molecule has 30 heavy (non-hydrogen) atoms. The van der Waals surface area contributed by atoms with Gasteiger partial charge < -0.3 is 0 Å². The van der Waals surface area contributed by atoms with Crippen LogP contribution in [0.15, 0.2) is 0 Å². The minimum absolute atomic E-state index is 0.333. The van der Waals surface area contributed by atoms with Gasteiger partial charge in [0.1, 0.15) is 0 Å². The van der Waals surface area contributed by atoms with E-state index in [2.05, 4.69) is 31.9 Å². The van der Waals surface area contributed by atoms with Gasteiger partial charge in [0.2, 0.25) is 0 Å². The number of nitrogens with zero attached hydrogens (tertiary/aromatic N) is 2. The molecule has 0 radical (unpaired) electrons. The predicted octanol–water partition coefficient (Wildman–Crippen LogP) is 7.59. The maximum Gasteiger partial charge on any atom is 0.280 e. The molecule has 0 atom stereocenters. The Hall–Kier alpha value is 0.880. The third-order valence-electron chi connectivity index (χ3n) is 9.87. The summed E-state index contributed by atoms with van der Waals surface area (Å²) in [6, 6.07) is 0. The molecule has 6 aliphatic rings. The van der Waals surface area contributed by atoms with E-state index < -0.39 is 0 Å². The van der Waals surface area contributed by atoms with Gasteiger partial charge in [0.25, 0.3) is 4.57 Å². The fourth-order valence-corrected chi connectivity index (χ4v) is 9.49. The molecule has 0 N–H and O–H groups in total. The van der Waals surface area contributed by atoms with E-state index in [-0.39, 0.29) is 0 Å². The molecule has 6 fully saturated rings. The van der Waals surface area contributed by atoms with Crippen molar-refractivity contribution < 1.29 is 8.97 Å². The number of halogens is 2. The van der Waals surface area contributed by atoms with Crippen molar-refractivity contribution in [3.63, 3.8) is 0 Å². The van der Waals surface area contributed by atoms with Crippen molar-refractivity contribution >= 4 is 31.9 Å². The lowest BCUT2D eigenvalue weighted by Gasteiger charge is -2.65. The topological polar surface area (TPSA) is 0 Å². The Morgan fingerprint density at radius 3 is 1.23 bits per heavy atom. The average Bonchev–Trinajstić information content (AvgIpc) is 2.82. The van der Waals surface area contributed by atoms with Gasteiger partial charge in [0.05, 0.1) is 61.6 Å². The first kappa shape index (κ1) is 24.0. The van der Waals surface area contributed by atoms with Crippen molar-refractivity contribution in [3.05, 3.63) is 0 Å². The van der Waals surface area contributed by atoms with E-state index in [4.69, 9.17) is 0 Å². The molecule has 0 aliphatic carbocycles. The summed E-state index contributed by atoms with van der Waals surface area (Å²) in [5.74, 6) is 2.12. The standard InChI is InChI=1S/C26H48Br2N2/c27-17-9-7-5-3-1-2-4-6-8-16-26(28,29-18-10-24(11-19-29)12-20-29)30-21-13-25(14-22-30)15-23-30/h24-25H,1-23H2/q+2. The fourth-order valence-electron chi connectivity index (χ4n) is 7.75. The molecular weight excluding hydrogens is 500 g/mol. The highest BCUT2D eigenvalue weighted by molar-refractivity contribution is 9.10. The third-order valence-corrected chi connectivity index (χ3v) is 12.3. The van der Waals surface area contributed by atoms with Gasteiger partial charge in [-0.3, -0.25) is 8.97 Å². The van der Waals surface area contributed by atoms with E-state index in [1.807, 2.05) is 0 Å². The number of alkyl halides is 2. The minimum atomic E-state index is 0.333. The maximum absolute atomic E-state index is 4.65. The molecular formula is C26H48Br2N2+2. The number of hydrogen-bond donors (Lipinski definition) is 0. The second-order valence-electron chi connectivity index (χ2n) is 11.4. The Morgan fingerprint density at radius 2 is 0.867 bits per heavy atom. The van der Waals surface area contributed by atoms with Crippen molar-refractivity contribution in [2.75, 3.05) is 44.6 Å². The highest BCUT2D eigenvalue weighted by atomic mass is 79.9. The van der Waals surface area contributed by atoms with E-state index in [1.54, 1.807) is 0 Å². The first-order valence-corrected chi connectivity index (χ1v) is 15.5. The van der Waals surface area contributed by atoms with Gasteiger partial charge in [-0.1, -0.05) is 60.9 Å². The lowest BCUT2D eigenvalue weighted by atomic mass is 9.81. The lowest BCUT2D eigenvalue weighted by molar-refractivity contribution is -1.16. The van der Waals surface area contributed by atoms with Crippen LogP contribution < -0.4 is 0 Å². The number of hydrogen-bond acceptors (Lipinski definition) is 0.